The van der Waals surface area contributed by atoms with Crippen LogP contribution in [0.4, 0.5) is 5.69 Å². The highest BCUT2D eigenvalue weighted by Crippen LogP contribution is 2.41. The Morgan fingerprint density at radius 1 is 1.05 bits per heavy atom. The van der Waals surface area contributed by atoms with E-state index in [1.54, 1.807) is 7.11 Å². The summed E-state index contributed by atoms with van der Waals surface area (Å²) in [4.78, 5) is 0. The van der Waals surface area contributed by atoms with Gasteiger partial charge in [0.1, 0.15) is 5.75 Å². The van der Waals surface area contributed by atoms with Crippen molar-refractivity contribution in [1.29, 1.82) is 0 Å². The number of para-hydroxylation sites is 1. The van der Waals surface area contributed by atoms with Gasteiger partial charge in [-0.15, -0.1) is 0 Å². The first-order valence-corrected chi connectivity index (χ1v) is 8.60. The van der Waals surface area contributed by atoms with Crippen molar-refractivity contribution in [2.75, 3.05) is 12.4 Å². The van der Waals surface area contributed by atoms with E-state index in [0.29, 0.717) is 12.0 Å². The number of halogens is 2. The van der Waals surface area contributed by atoms with Gasteiger partial charge in [0.2, 0.25) is 0 Å². The SMILES string of the molecule is COc1cccc(C2CC(Nc3c(Br)cccc3Br)C2)c1. The summed E-state index contributed by atoms with van der Waals surface area (Å²) < 4.78 is 7.50. The molecule has 3 rings (SSSR count). The Morgan fingerprint density at radius 2 is 1.71 bits per heavy atom. The summed E-state index contributed by atoms with van der Waals surface area (Å²) in [6, 6.07) is 15.1. The lowest BCUT2D eigenvalue weighted by Gasteiger charge is -2.37. The maximum atomic E-state index is 5.30. The van der Waals surface area contributed by atoms with Crippen LogP contribution in [0, 0.1) is 0 Å². The van der Waals surface area contributed by atoms with Crippen molar-refractivity contribution in [1.82, 2.24) is 0 Å². The molecule has 2 aromatic carbocycles. The first-order chi connectivity index (χ1) is 10.2. The van der Waals surface area contributed by atoms with Crippen LogP contribution < -0.4 is 10.1 Å². The topological polar surface area (TPSA) is 21.3 Å². The molecular formula is C17H17Br2NO. The van der Waals surface area contributed by atoms with E-state index in [1.165, 1.54) is 5.56 Å². The Labute approximate surface area is 142 Å². The number of methoxy groups -OCH3 is 1. The molecular weight excluding hydrogens is 394 g/mol. The number of hydrogen-bond donors (Lipinski definition) is 1. The molecule has 0 spiro atoms. The first kappa shape index (κ1) is 14.9. The van der Waals surface area contributed by atoms with Crippen LogP contribution in [-0.4, -0.2) is 13.2 Å². The predicted octanol–water partition coefficient (Wildman–Crippen LogP) is 5.58. The van der Waals surface area contributed by atoms with E-state index in [1.807, 2.05) is 12.1 Å². The summed E-state index contributed by atoms with van der Waals surface area (Å²) in [6.07, 6.45) is 2.31. The minimum Gasteiger partial charge on any atom is -0.497 e. The van der Waals surface area contributed by atoms with Gasteiger partial charge < -0.3 is 10.1 Å². The molecule has 0 amide bonds. The number of hydrogen-bond acceptors (Lipinski definition) is 2. The largest absolute Gasteiger partial charge is 0.497 e. The van der Waals surface area contributed by atoms with Gasteiger partial charge in [-0.1, -0.05) is 18.2 Å². The van der Waals surface area contributed by atoms with Crippen LogP contribution in [0.2, 0.25) is 0 Å². The van der Waals surface area contributed by atoms with Crippen LogP contribution in [0.15, 0.2) is 51.4 Å². The van der Waals surface area contributed by atoms with E-state index in [0.717, 1.165) is 33.2 Å². The van der Waals surface area contributed by atoms with Crippen molar-refractivity contribution in [2.45, 2.75) is 24.8 Å². The molecule has 1 fully saturated rings. The quantitative estimate of drug-likeness (QED) is 0.710. The Hall–Kier alpha value is -1.00. The van der Waals surface area contributed by atoms with E-state index in [2.05, 4.69) is 67.5 Å². The van der Waals surface area contributed by atoms with Gasteiger partial charge >= 0.3 is 0 Å². The molecule has 2 nitrogen and oxygen atoms in total. The molecule has 1 aliphatic rings. The fraction of sp³-hybridized carbons (Fsp3) is 0.294. The zero-order valence-corrected chi connectivity index (χ0v) is 14.9. The summed E-state index contributed by atoms with van der Waals surface area (Å²) in [5.74, 6) is 1.57. The van der Waals surface area contributed by atoms with Crippen molar-refractivity contribution in [2.24, 2.45) is 0 Å². The van der Waals surface area contributed by atoms with Crippen molar-refractivity contribution in [3.63, 3.8) is 0 Å². The lowest BCUT2D eigenvalue weighted by molar-refractivity contribution is 0.370. The van der Waals surface area contributed by atoms with Gasteiger partial charge in [-0.05, 0) is 80.4 Å². The van der Waals surface area contributed by atoms with Crippen molar-refractivity contribution >= 4 is 37.5 Å². The number of anilines is 1. The Morgan fingerprint density at radius 3 is 2.38 bits per heavy atom. The molecule has 0 aromatic heterocycles. The van der Waals surface area contributed by atoms with Crippen LogP contribution in [0.5, 0.6) is 5.75 Å². The van der Waals surface area contributed by atoms with Gasteiger partial charge in [0.15, 0.2) is 0 Å². The highest BCUT2D eigenvalue weighted by molar-refractivity contribution is 9.11. The Balaban J connectivity index is 1.63. The zero-order chi connectivity index (χ0) is 14.8. The van der Waals surface area contributed by atoms with Crippen LogP contribution >= 0.6 is 31.9 Å². The molecule has 0 aliphatic heterocycles. The number of benzene rings is 2. The third-order valence-electron chi connectivity index (χ3n) is 4.01. The van der Waals surface area contributed by atoms with Crippen molar-refractivity contribution < 1.29 is 4.74 Å². The second-order valence-electron chi connectivity index (χ2n) is 5.38. The predicted molar refractivity (Wildman–Crippen MR) is 94.2 cm³/mol. The fourth-order valence-electron chi connectivity index (χ4n) is 2.74. The molecule has 0 unspecified atom stereocenters. The molecule has 1 saturated carbocycles. The Kier molecular flexibility index (Phi) is 4.55. The molecule has 0 saturated heterocycles. The second kappa shape index (κ2) is 6.41. The second-order valence-corrected chi connectivity index (χ2v) is 7.09. The smallest absolute Gasteiger partial charge is 0.119 e. The highest BCUT2D eigenvalue weighted by atomic mass is 79.9. The van der Waals surface area contributed by atoms with E-state index in [-0.39, 0.29) is 0 Å². The minimum absolute atomic E-state index is 0.524. The summed E-state index contributed by atoms with van der Waals surface area (Å²) in [6.45, 7) is 0. The van der Waals surface area contributed by atoms with E-state index in [4.69, 9.17) is 4.74 Å². The standard InChI is InChI=1S/C17H17Br2NO/c1-21-14-5-2-4-11(10-14)12-8-13(9-12)20-17-15(18)6-3-7-16(17)19/h2-7,10,12-13,20H,8-9H2,1H3. The molecule has 0 radical (unpaired) electrons. The van der Waals surface area contributed by atoms with Crippen LogP contribution in [-0.2, 0) is 0 Å². The monoisotopic (exact) mass is 409 g/mol. The third-order valence-corrected chi connectivity index (χ3v) is 5.34. The molecule has 0 heterocycles. The van der Waals surface area contributed by atoms with Crippen molar-refractivity contribution in [3.8, 4) is 5.75 Å². The van der Waals surface area contributed by atoms with Gasteiger partial charge in [0, 0.05) is 15.0 Å². The number of ether oxygens (including phenoxy) is 1. The molecule has 1 aliphatic carbocycles. The van der Waals surface area contributed by atoms with Gasteiger partial charge in [0.25, 0.3) is 0 Å². The van der Waals surface area contributed by atoms with Gasteiger partial charge in [-0.25, -0.2) is 0 Å². The number of nitrogens with one attached hydrogen (secondary N) is 1. The third kappa shape index (κ3) is 3.27. The van der Waals surface area contributed by atoms with Crippen molar-refractivity contribution in [3.05, 3.63) is 57.0 Å². The van der Waals surface area contributed by atoms with Crippen LogP contribution in [0.1, 0.15) is 24.3 Å². The molecule has 110 valence electrons. The van der Waals surface area contributed by atoms with E-state index >= 15 is 0 Å². The molecule has 1 N–H and O–H groups in total. The average Bonchev–Trinajstić information content (AvgIpc) is 2.45. The molecule has 21 heavy (non-hydrogen) atoms. The lowest BCUT2D eigenvalue weighted by Crippen LogP contribution is -2.34. The van der Waals surface area contributed by atoms with Gasteiger partial charge in [-0.3, -0.25) is 0 Å². The Bertz CT molecular complexity index is 618. The maximum Gasteiger partial charge on any atom is 0.119 e. The minimum atomic E-state index is 0.524. The lowest BCUT2D eigenvalue weighted by atomic mass is 9.76. The summed E-state index contributed by atoms with van der Waals surface area (Å²) in [7, 11) is 1.72. The van der Waals surface area contributed by atoms with E-state index in [9.17, 15) is 0 Å². The summed E-state index contributed by atoms with van der Waals surface area (Å²) in [5, 5.41) is 3.62. The highest BCUT2D eigenvalue weighted by Gasteiger charge is 2.31. The number of rotatable bonds is 4. The first-order valence-electron chi connectivity index (χ1n) is 7.02. The van der Waals surface area contributed by atoms with Crippen LogP contribution in [0.25, 0.3) is 0 Å². The summed E-state index contributed by atoms with van der Waals surface area (Å²) >= 11 is 7.20. The average molecular weight is 411 g/mol. The molecule has 0 bridgehead atoms. The van der Waals surface area contributed by atoms with E-state index < -0.39 is 0 Å². The molecule has 2 aromatic rings. The normalized spacial score (nSPS) is 20.7. The van der Waals surface area contributed by atoms with Gasteiger partial charge in [-0.2, -0.15) is 0 Å². The van der Waals surface area contributed by atoms with Crippen LogP contribution in [0.3, 0.4) is 0 Å². The maximum absolute atomic E-state index is 5.30. The van der Waals surface area contributed by atoms with Gasteiger partial charge in [0.05, 0.1) is 12.8 Å². The molecule has 0 atom stereocenters. The fourth-order valence-corrected chi connectivity index (χ4v) is 3.97. The zero-order valence-electron chi connectivity index (χ0n) is 11.8. The molecule has 4 heteroatoms. The summed E-state index contributed by atoms with van der Waals surface area (Å²) in [5.41, 5.74) is 2.52.